The van der Waals surface area contributed by atoms with Gasteiger partial charge in [-0.1, -0.05) is 13.0 Å². The highest BCUT2D eigenvalue weighted by Gasteiger charge is 2.21. The van der Waals surface area contributed by atoms with Crippen molar-refractivity contribution in [1.82, 2.24) is 15.4 Å². The van der Waals surface area contributed by atoms with E-state index in [1.807, 2.05) is 25.1 Å². The van der Waals surface area contributed by atoms with Crippen molar-refractivity contribution in [1.29, 1.82) is 0 Å². The number of benzene rings is 1. The van der Waals surface area contributed by atoms with Crippen LogP contribution in [0.2, 0.25) is 0 Å². The first-order chi connectivity index (χ1) is 8.24. The van der Waals surface area contributed by atoms with E-state index in [2.05, 4.69) is 26.8 Å². The third kappa shape index (κ3) is 1.69. The molecule has 5 nitrogen and oxygen atoms in total. The van der Waals surface area contributed by atoms with Gasteiger partial charge in [-0.15, -0.1) is 0 Å². The van der Waals surface area contributed by atoms with Crippen molar-refractivity contribution in [3.63, 3.8) is 0 Å². The Balaban J connectivity index is 2.05. The summed E-state index contributed by atoms with van der Waals surface area (Å²) in [5.74, 6) is 0.0968. The van der Waals surface area contributed by atoms with E-state index >= 15 is 0 Å². The van der Waals surface area contributed by atoms with Gasteiger partial charge in [0.05, 0.1) is 16.7 Å². The fourth-order valence-electron chi connectivity index (χ4n) is 2.04. The van der Waals surface area contributed by atoms with Gasteiger partial charge in [-0.2, -0.15) is 5.10 Å². The molecule has 1 atom stereocenters. The van der Waals surface area contributed by atoms with Crippen molar-refractivity contribution in [3.05, 3.63) is 30.1 Å². The molecule has 1 aliphatic rings. The highest BCUT2D eigenvalue weighted by atomic mass is 16.2. The van der Waals surface area contributed by atoms with E-state index in [0.717, 1.165) is 22.3 Å². The number of rotatable bonds is 1. The van der Waals surface area contributed by atoms with Crippen LogP contribution in [-0.2, 0) is 4.79 Å². The maximum atomic E-state index is 11.2. The second-order valence-electron chi connectivity index (χ2n) is 4.22. The summed E-state index contributed by atoms with van der Waals surface area (Å²) in [5, 5.41) is 4.12. The van der Waals surface area contributed by atoms with Crippen LogP contribution in [0.15, 0.2) is 23.3 Å². The summed E-state index contributed by atoms with van der Waals surface area (Å²) >= 11 is 0. The molecule has 0 aliphatic carbocycles. The van der Waals surface area contributed by atoms with E-state index < -0.39 is 0 Å². The smallest absolute Gasteiger partial charge is 0.240 e. The first-order valence-electron chi connectivity index (χ1n) is 5.46. The van der Waals surface area contributed by atoms with E-state index in [1.54, 1.807) is 0 Å². The number of H-pyrrole nitrogens is 1. The summed E-state index contributed by atoms with van der Waals surface area (Å²) in [7, 11) is 0. The summed E-state index contributed by atoms with van der Waals surface area (Å²) in [6.07, 6.45) is 3.18. The Labute approximate surface area is 97.9 Å². The minimum atomic E-state index is -0.0320. The van der Waals surface area contributed by atoms with E-state index in [0.29, 0.717) is 6.42 Å². The average Bonchev–Trinajstić information content (AvgIpc) is 2.75. The van der Waals surface area contributed by atoms with Gasteiger partial charge >= 0.3 is 0 Å². The van der Waals surface area contributed by atoms with Crippen LogP contribution in [0.25, 0.3) is 11.0 Å². The zero-order valence-corrected chi connectivity index (χ0v) is 9.32. The van der Waals surface area contributed by atoms with Crippen molar-refractivity contribution in [3.8, 4) is 0 Å². The van der Waals surface area contributed by atoms with Crippen LogP contribution in [0, 0.1) is 12.2 Å². The molecule has 1 aliphatic heterocycles. The minimum Gasteiger partial charge on any atom is -0.335 e. The van der Waals surface area contributed by atoms with Gasteiger partial charge in [0.25, 0.3) is 0 Å². The summed E-state index contributed by atoms with van der Waals surface area (Å²) < 4.78 is 0. The van der Waals surface area contributed by atoms with Crippen molar-refractivity contribution in [2.75, 3.05) is 0 Å². The zero-order valence-electron chi connectivity index (χ0n) is 9.32. The Morgan fingerprint density at radius 2 is 2.35 bits per heavy atom. The van der Waals surface area contributed by atoms with Gasteiger partial charge in [0.15, 0.2) is 6.33 Å². The van der Waals surface area contributed by atoms with Gasteiger partial charge in [-0.3, -0.25) is 4.79 Å². The molecule has 17 heavy (non-hydrogen) atoms. The van der Waals surface area contributed by atoms with Gasteiger partial charge in [-0.05, 0) is 12.1 Å². The first kappa shape index (κ1) is 10.0. The number of fused-ring (bicyclic) bond motifs is 1. The standard InChI is InChI=1S/C12H11N4O/c1-7-4-11(17)15-16-12(7)8-2-3-9-10(5-8)14-6-13-9/h2-3,5,7H,4H2,1H3,(H,13,14)(H,15,17). The third-order valence-corrected chi connectivity index (χ3v) is 2.92. The largest absolute Gasteiger partial charge is 0.335 e. The number of hydrazone groups is 1. The van der Waals surface area contributed by atoms with Crippen LogP contribution in [0.5, 0.6) is 0 Å². The van der Waals surface area contributed by atoms with Crippen LogP contribution >= 0.6 is 0 Å². The number of imidazole rings is 1. The van der Waals surface area contributed by atoms with Crippen LogP contribution in [0.4, 0.5) is 0 Å². The average molecular weight is 227 g/mol. The van der Waals surface area contributed by atoms with E-state index in [-0.39, 0.29) is 11.8 Å². The van der Waals surface area contributed by atoms with Gasteiger partial charge < -0.3 is 4.98 Å². The number of carbonyl (C=O) groups is 1. The molecule has 2 heterocycles. The highest BCUT2D eigenvalue weighted by molar-refractivity contribution is 6.07. The molecule has 1 aromatic carbocycles. The third-order valence-electron chi connectivity index (χ3n) is 2.92. The van der Waals surface area contributed by atoms with Gasteiger partial charge in [0.2, 0.25) is 5.91 Å². The minimum absolute atomic E-state index is 0.0320. The Hall–Kier alpha value is -2.17. The molecule has 2 N–H and O–H groups in total. The summed E-state index contributed by atoms with van der Waals surface area (Å²) in [6, 6.07) is 5.87. The lowest BCUT2D eigenvalue weighted by Gasteiger charge is -2.18. The molecule has 3 rings (SSSR count). The molecule has 1 unspecified atom stereocenters. The van der Waals surface area contributed by atoms with Gasteiger partial charge in [0, 0.05) is 17.9 Å². The maximum absolute atomic E-state index is 11.2. The number of carbonyl (C=O) groups excluding carboxylic acids is 1. The lowest BCUT2D eigenvalue weighted by Crippen LogP contribution is -2.31. The molecular formula is C12H11N4O. The molecule has 1 radical (unpaired) electrons. The second kappa shape index (κ2) is 3.69. The number of aromatic amines is 1. The molecule has 0 saturated heterocycles. The molecule has 1 aromatic heterocycles. The quantitative estimate of drug-likeness (QED) is 0.769. The molecule has 0 fully saturated rings. The number of hydrogen-bond donors (Lipinski definition) is 2. The second-order valence-corrected chi connectivity index (χ2v) is 4.22. The fourth-order valence-corrected chi connectivity index (χ4v) is 2.04. The van der Waals surface area contributed by atoms with Gasteiger partial charge in [0.1, 0.15) is 0 Å². The molecule has 5 heteroatoms. The zero-order chi connectivity index (χ0) is 11.8. The Morgan fingerprint density at radius 3 is 3.18 bits per heavy atom. The lowest BCUT2D eigenvalue weighted by molar-refractivity contribution is -0.121. The van der Waals surface area contributed by atoms with Crippen molar-refractivity contribution < 1.29 is 4.79 Å². The van der Waals surface area contributed by atoms with E-state index in [4.69, 9.17) is 0 Å². The monoisotopic (exact) mass is 227 g/mol. The van der Waals surface area contributed by atoms with Crippen LogP contribution < -0.4 is 5.43 Å². The molecule has 0 bridgehead atoms. The molecule has 1 amide bonds. The fraction of sp³-hybridized carbons (Fsp3) is 0.250. The van der Waals surface area contributed by atoms with Crippen molar-refractivity contribution in [2.45, 2.75) is 13.3 Å². The SMILES string of the molecule is CC1CC(=O)NN=C1c1ccc2[nH][c]nc2c1. The number of nitrogens with one attached hydrogen (secondary N) is 2. The van der Waals surface area contributed by atoms with E-state index in [9.17, 15) is 4.79 Å². The summed E-state index contributed by atoms with van der Waals surface area (Å²) in [4.78, 5) is 18.2. The molecule has 85 valence electrons. The summed E-state index contributed by atoms with van der Waals surface area (Å²) in [5.41, 5.74) is 6.21. The summed E-state index contributed by atoms with van der Waals surface area (Å²) in [6.45, 7) is 2.00. The number of amides is 1. The highest BCUT2D eigenvalue weighted by Crippen LogP contribution is 2.19. The maximum Gasteiger partial charge on any atom is 0.240 e. The predicted octanol–water partition coefficient (Wildman–Crippen LogP) is 1.22. The number of aromatic nitrogens is 2. The van der Waals surface area contributed by atoms with Crippen molar-refractivity contribution >= 4 is 22.7 Å². The Kier molecular flexibility index (Phi) is 2.18. The van der Waals surface area contributed by atoms with Crippen LogP contribution in [-0.4, -0.2) is 21.6 Å². The van der Waals surface area contributed by atoms with Crippen LogP contribution in [0.3, 0.4) is 0 Å². The van der Waals surface area contributed by atoms with Crippen molar-refractivity contribution in [2.24, 2.45) is 11.0 Å². The lowest BCUT2D eigenvalue weighted by atomic mass is 9.94. The molecular weight excluding hydrogens is 216 g/mol. The first-order valence-corrected chi connectivity index (χ1v) is 5.46. The molecule has 0 saturated carbocycles. The molecule has 0 spiro atoms. The van der Waals surface area contributed by atoms with Gasteiger partial charge in [-0.25, -0.2) is 10.4 Å². The topological polar surface area (TPSA) is 70.1 Å². The van der Waals surface area contributed by atoms with Crippen LogP contribution in [0.1, 0.15) is 18.9 Å². The molecule has 2 aromatic rings. The predicted molar refractivity (Wildman–Crippen MR) is 63.4 cm³/mol. The van der Waals surface area contributed by atoms with E-state index in [1.165, 1.54) is 0 Å². The number of hydrogen-bond acceptors (Lipinski definition) is 3. The Bertz CT molecular complexity index is 614. The normalized spacial score (nSPS) is 20.2. The Morgan fingerprint density at radius 1 is 1.47 bits per heavy atom. The number of nitrogens with zero attached hydrogens (tertiary/aromatic N) is 2.